The zero-order chi connectivity index (χ0) is 13.1. The number of thiophene rings is 1. The molecule has 3 N–H and O–H groups in total. The van der Waals surface area contributed by atoms with Crippen LogP contribution in [0.15, 0.2) is 27.1 Å². The first-order valence-corrected chi connectivity index (χ1v) is 5.81. The summed E-state index contributed by atoms with van der Waals surface area (Å²) in [6.45, 7) is 0.106. The molecule has 0 saturated heterocycles. The third kappa shape index (κ3) is 2.48. The number of aromatic amines is 2. The van der Waals surface area contributed by atoms with Crippen LogP contribution in [0.2, 0.25) is 0 Å². The van der Waals surface area contributed by atoms with Gasteiger partial charge in [0.25, 0.3) is 0 Å². The Balaban J connectivity index is 2.31. The summed E-state index contributed by atoms with van der Waals surface area (Å²) in [5.41, 5.74) is -0.377. The number of nitrogens with zero attached hydrogens (tertiary/aromatic N) is 1. The Kier molecular flexibility index (Phi) is 3.28. The SMILES string of the molecule is O=C(O)/C=C/c1ccsc1Cn1c(=O)[nH][nH]c1=O. The molecule has 0 saturated carbocycles. The number of hydrogen-bond donors (Lipinski definition) is 3. The molecule has 0 atom stereocenters. The minimum Gasteiger partial charge on any atom is -0.478 e. The Bertz CT molecular complexity index is 676. The van der Waals surface area contributed by atoms with E-state index in [4.69, 9.17) is 5.11 Å². The van der Waals surface area contributed by atoms with Gasteiger partial charge in [0.1, 0.15) is 0 Å². The largest absolute Gasteiger partial charge is 0.478 e. The maximum atomic E-state index is 11.3. The topological polar surface area (TPSA) is 108 Å². The first kappa shape index (κ1) is 12.1. The minimum atomic E-state index is -1.05. The fraction of sp³-hybridized carbons (Fsp3) is 0.100. The third-order valence-corrected chi connectivity index (χ3v) is 3.18. The van der Waals surface area contributed by atoms with E-state index in [9.17, 15) is 14.4 Å². The molecule has 0 unspecified atom stereocenters. The van der Waals surface area contributed by atoms with Gasteiger partial charge in [-0.15, -0.1) is 11.3 Å². The Morgan fingerprint density at radius 2 is 2.06 bits per heavy atom. The monoisotopic (exact) mass is 267 g/mol. The van der Waals surface area contributed by atoms with Gasteiger partial charge in [-0.3, -0.25) is 0 Å². The number of hydrogen-bond acceptors (Lipinski definition) is 4. The highest BCUT2D eigenvalue weighted by molar-refractivity contribution is 7.10. The molecule has 0 amide bonds. The molecule has 2 rings (SSSR count). The number of nitrogens with one attached hydrogen (secondary N) is 2. The molecule has 2 heterocycles. The summed E-state index contributed by atoms with van der Waals surface area (Å²) < 4.78 is 1.00. The average Bonchev–Trinajstić information content (AvgIpc) is 2.88. The summed E-state index contributed by atoms with van der Waals surface area (Å²) in [5, 5.41) is 14.7. The van der Waals surface area contributed by atoms with Gasteiger partial charge in [-0.2, -0.15) is 0 Å². The Labute approximate surface area is 104 Å². The van der Waals surface area contributed by atoms with E-state index in [1.165, 1.54) is 17.4 Å². The van der Waals surface area contributed by atoms with Gasteiger partial charge in [-0.25, -0.2) is 29.1 Å². The molecule has 0 spiro atoms. The quantitative estimate of drug-likeness (QED) is 0.681. The summed E-state index contributed by atoms with van der Waals surface area (Å²) in [4.78, 5) is 33.8. The van der Waals surface area contributed by atoms with Gasteiger partial charge >= 0.3 is 17.3 Å². The highest BCUT2D eigenvalue weighted by Gasteiger charge is 2.08. The van der Waals surface area contributed by atoms with E-state index in [0.29, 0.717) is 5.56 Å². The first-order valence-electron chi connectivity index (χ1n) is 4.93. The van der Waals surface area contributed by atoms with Crippen LogP contribution in [0.3, 0.4) is 0 Å². The smallest absolute Gasteiger partial charge is 0.344 e. The maximum Gasteiger partial charge on any atom is 0.344 e. The number of aromatic nitrogens is 3. The lowest BCUT2D eigenvalue weighted by Gasteiger charge is -1.98. The van der Waals surface area contributed by atoms with Gasteiger partial charge in [0, 0.05) is 11.0 Å². The van der Waals surface area contributed by atoms with E-state index in [2.05, 4.69) is 10.2 Å². The van der Waals surface area contributed by atoms with Crippen molar-refractivity contribution in [1.82, 2.24) is 14.8 Å². The number of carbonyl (C=O) groups is 1. The molecule has 0 aliphatic carbocycles. The van der Waals surface area contributed by atoms with Gasteiger partial charge in [-0.05, 0) is 23.1 Å². The fourth-order valence-corrected chi connectivity index (χ4v) is 2.26. The fourth-order valence-electron chi connectivity index (χ4n) is 1.41. The van der Waals surface area contributed by atoms with E-state index in [0.717, 1.165) is 15.5 Å². The molecule has 0 fully saturated rings. The molecule has 2 aromatic heterocycles. The van der Waals surface area contributed by atoms with Crippen molar-refractivity contribution in [2.45, 2.75) is 6.54 Å². The van der Waals surface area contributed by atoms with E-state index in [1.54, 1.807) is 11.4 Å². The molecule has 94 valence electrons. The minimum absolute atomic E-state index is 0.106. The zero-order valence-corrected chi connectivity index (χ0v) is 9.86. The highest BCUT2D eigenvalue weighted by Crippen LogP contribution is 2.18. The predicted molar refractivity (Wildman–Crippen MR) is 65.8 cm³/mol. The number of aliphatic carboxylic acids is 1. The summed E-state index contributed by atoms with van der Waals surface area (Å²) >= 11 is 1.35. The highest BCUT2D eigenvalue weighted by atomic mass is 32.1. The summed E-state index contributed by atoms with van der Waals surface area (Å²) in [6, 6.07) is 1.73. The first-order chi connectivity index (χ1) is 8.58. The van der Waals surface area contributed by atoms with Crippen LogP contribution in [0.4, 0.5) is 0 Å². The maximum absolute atomic E-state index is 11.3. The summed E-state index contributed by atoms with van der Waals surface area (Å²) in [7, 11) is 0. The van der Waals surface area contributed by atoms with E-state index in [1.807, 2.05) is 0 Å². The van der Waals surface area contributed by atoms with Gasteiger partial charge < -0.3 is 5.11 Å². The Morgan fingerprint density at radius 3 is 2.67 bits per heavy atom. The van der Waals surface area contributed by atoms with Crippen LogP contribution >= 0.6 is 11.3 Å². The Hall–Kier alpha value is -2.35. The van der Waals surface area contributed by atoms with Crippen molar-refractivity contribution in [2.75, 3.05) is 0 Å². The van der Waals surface area contributed by atoms with Crippen LogP contribution in [-0.4, -0.2) is 25.8 Å². The van der Waals surface area contributed by atoms with Gasteiger partial charge in [-0.1, -0.05) is 0 Å². The van der Waals surface area contributed by atoms with Gasteiger partial charge in [0.2, 0.25) is 0 Å². The third-order valence-electron chi connectivity index (χ3n) is 2.25. The van der Waals surface area contributed by atoms with Gasteiger partial charge in [0.15, 0.2) is 0 Å². The molecule has 2 aromatic rings. The standard InChI is InChI=1S/C10H9N3O4S/c14-8(15)2-1-6-3-4-18-7(6)5-13-9(16)11-12-10(13)17/h1-4H,5H2,(H,11,16)(H,12,17)(H,14,15)/b2-1+. The lowest BCUT2D eigenvalue weighted by molar-refractivity contribution is -0.131. The Morgan fingerprint density at radius 1 is 1.39 bits per heavy atom. The molecule has 0 aliphatic rings. The van der Waals surface area contributed by atoms with E-state index >= 15 is 0 Å². The van der Waals surface area contributed by atoms with Crippen LogP contribution in [0.1, 0.15) is 10.4 Å². The van der Waals surface area contributed by atoms with Crippen molar-refractivity contribution in [3.63, 3.8) is 0 Å². The van der Waals surface area contributed by atoms with E-state index < -0.39 is 17.3 Å². The number of H-pyrrole nitrogens is 2. The van der Waals surface area contributed by atoms with Crippen molar-refractivity contribution < 1.29 is 9.90 Å². The molecule has 0 aliphatic heterocycles. The van der Waals surface area contributed by atoms with Crippen LogP contribution in [0.5, 0.6) is 0 Å². The van der Waals surface area contributed by atoms with Crippen LogP contribution in [0, 0.1) is 0 Å². The summed E-state index contributed by atoms with van der Waals surface area (Å²) in [6.07, 6.45) is 2.44. The molecule has 7 nitrogen and oxygen atoms in total. The zero-order valence-electron chi connectivity index (χ0n) is 9.04. The summed E-state index contributed by atoms with van der Waals surface area (Å²) in [5.74, 6) is -1.05. The van der Waals surface area contributed by atoms with Crippen molar-refractivity contribution in [3.05, 3.63) is 48.9 Å². The molecular weight excluding hydrogens is 258 g/mol. The van der Waals surface area contributed by atoms with Crippen molar-refractivity contribution in [2.24, 2.45) is 0 Å². The second-order valence-electron chi connectivity index (χ2n) is 3.42. The molecule has 0 bridgehead atoms. The average molecular weight is 267 g/mol. The van der Waals surface area contributed by atoms with Crippen molar-refractivity contribution in [3.8, 4) is 0 Å². The molecule has 0 aromatic carbocycles. The predicted octanol–water partition coefficient (Wildman–Crippen LogP) is 0.0723. The second-order valence-corrected chi connectivity index (χ2v) is 4.42. The van der Waals surface area contributed by atoms with E-state index in [-0.39, 0.29) is 6.54 Å². The molecular formula is C10H9N3O4S. The normalized spacial score (nSPS) is 11.1. The van der Waals surface area contributed by atoms with Crippen LogP contribution < -0.4 is 11.4 Å². The van der Waals surface area contributed by atoms with Crippen molar-refractivity contribution in [1.29, 1.82) is 0 Å². The van der Waals surface area contributed by atoms with Crippen LogP contribution in [-0.2, 0) is 11.3 Å². The van der Waals surface area contributed by atoms with Gasteiger partial charge in [0.05, 0.1) is 6.54 Å². The molecule has 0 radical (unpaired) electrons. The molecule has 18 heavy (non-hydrogen) atoms. The van der Waals surface area contributed by atoms with Crippen LogP contribution in [0.25, 0.3) is 6.08 Å². The lowest BCUT2D eigenvalue weighted by Crippen LogP contribution is -2.26. The second kappa shape index (κ2) is 4.88. The van der Waals surface area contributed by atoms with Crippen molar-refractivity contribution >= 4 is 23.4 Å². The molecule has 8 heteroatoms. The number of rotatable bonds is 4. The number of carboxylic acid groups (broad SMARTS) is 1. The lowest BCUT2D eigenvalue weighted by atomic mass is 10.2. The number of carboxylic acids is 1.